The maximum Gasteiger partial charge on any atom is 0.258 e. The number of phenols is 1. The van der Waals surface area contributed by atoms with Crippen molar-refractivity contribution in [3.8, 4) is 11.5 Å². The molecule has 6 nitrogen and oxygen atoms in total. The number of aliphatic hydroxyl groups excluding tert-OH is 1. The van der Waals surface area contributed by atoms with Crippen LogP contribution in [-0.2, 0) is 20.4 Å². The summed E-state index contributed by atoms with van der Waals surface area (Å²) in [6.45, 7) is 12.4. The van der Waals surface area contributed by atoms with Gasteiger partial charge in [0.1, 0.15) is 11.5 Å². The molecule has 6 heteroatoms. The number of hydrogen-bond acceptors (Lipinski definition) is 5. The van der Waals surface area contributed by atoms with Crippen LogP contribution in [0, 0.1) is 0 Å². The van der Waals surface area contributed by atoms with Crippen molar-refractivity contribution >= 4 is 5.91 Å². The van der Waals surface area contributed by atoms with Crippen LogP contribution in [0.5, 0.6) is 11.5 Å². The maximum atomic E-state index is 12.1. The van der Waals surface area contributed by atoms with Crippen molar-refractivity contribution < 1.29 is 24.5 Å². The Kier molecular flexibility index (Phi) is 5.88. The van der Waals surface area contributed by atoms with Crippen molar-refractivity contribution in [3.05, 3.63) is 23.3 Å². The average Bonchev–Trinajstić information content (AvgIpc) is 2.89. The minimum absolute atomic E-state index is 0.166. The van der Waals surface area contributed by atoms with Crippen molar-refractivity contribution in [1.29, 1.82) is 0 Å². The second-order valence-electron chi connectivity index (χ2n) is 8.88. The number of ether oxygens (including phenoxy) is 2. The summed E-state index contributed by atoms with van der Waals surface area (Å²) in [7, 11) is 0. The van der Waals surface area contributed by atoms with Gasteiger partial charge in [0.2, 0.25) is 0 Å². The van der Waals surface area contributed by atoms with Crippen LogP contribution in [0.2, 0.25) is 0 Å². The third-order valence-electron chi connectivity index (χ3n) is 4.48. The first-order chi connectivity index (χ1) is 11.9. The van der Waals surface area contributed by atoms with Gasteiger partial charge in [0.15, 0.2) is 12.9 Å². The number of rotatable bonds is 4. The molecule has 1 heterocycles. The molecule has 1 aliphatic rings. The number of hydrogen-bond donors (Lipinski definition) is 3. The van der Waals surface area contributed by atoms with E-state index in [1.807, 2.05) is 41.5 Å². The monoisotopic (exact) mass is 365 g/mol. The molecule has 0 bridgehead atoms. The molecule has 0 spiro atoms. The molecule has 146 valence electrons. The highest BCUT2D eigenvalue weighted by atomic mass is 16.6. The van der Waals surface area contributed by atoms with Gasteiger partial charge in [-0.15, -0.1) is 0 Å². The van der Waals surface area contributed by atoms with E-state index in [2.05, 4.69) is 5.32 Å². The van der Waals surface area contributed by atoms with Gasteiger partial charge in [-0.25, -0.2) is 0 Å². The van der Waals surface area contributed by atoms with Crippen LogP contribution in [0.25, 0.3) is 0 Å². The standard InChI is InChI=1S/C20H31NO5/c1-19(2,3)13-9-12(10-14(17(13)23)20(4,5)6)26-11-16(22)21-15-7-8-25-18(15)24/h9-10,15,18,23-24H,7-8,11H2,1-6H3,(H,21,22)/t15-,18?/m1/s1. The van der Waals surface area contributed by atoms with Gasteiger partial charge < -0.3 is 25.0 Å². The summed E-state index contributed by atoms with van der Waals surface area (Å²) in [6.07, 6.45) is -0.387. The van der Waals surface area contributed by atoms with Gasteiger partial charge in [-0.05, 0) is 29.4 Å². The molecule has 2 rings (SSSR count). The lowest BCUT2D eigenvalue weighted by Crippen LogP contribution is -2.42. The summed E-state index contributed by atoms with van der Waals surface area (Å²) < 4.78 is 10.7. The topological polar surface area (TPSA) is 88.0 Å². The maximum absolute atomic E-state index is 12.1. The molecule has 3 N–H and O–H groups in total. The van der Waals surface area contributed by atoms with Gasteiger partial charge in [0, 0.05) is 11.1 Å². The number of amides is 1. The number of phenolic OH excluding ortho intramolecular Hbond substituents is 1. The van der Waals surface area contributed by atoms with Gasteiger partial charge in [0.05, 0.1) is 12.6 Å². The molecule has 1 unspecified atom stereocenters. The Bertz CT molecular complexity index is 622. The molecule has 1 aliphatic heterocycles. The Labute approximate surface area is 155 Å². The SMILES string of the molecule is CC(C)(C)c1cc(OCC(=O)N[C@@H]2CCOC2O)cc(C(C)(C)C)c1O. The quantitative estimate of drug-likeness (QED) is 0.763. The highest BCUT2D eigenvalue weighted by molar-refractivity contribution is 5.78. The predicted octanol–water partition coefficient (Wildman–Crippen LogP) is 2.59. The average molecular weight is 365 g/mol. The fraction of sp³-hybridized carbons (Fsp3) is 0.650. The Morgan fingerprint density at radius 1 is 1.19 bits per heavy atom. The van der Waals surface area contributed by atoms with E-state index < -0.39 is 12.3 Å². The van der Waals surface area contributed by atoms with Crippen molar-refractivity contribution in [2.24, 2.45) is 0 Å². The normalized spacial score (nSPS) is 20.9. The number of aromatic hydroxyl groups is 1. The second kappa shape index (κ2) is 7.45. The minimum atomic E-state index is -0.965. The third-order valence-corrected chi connectivity index (χ3v) is 4.48. The molecule has 0 radical (unpaired) electrons. The Morgan fingerprint density at radius 2 is 1.73 bits per heavy atom. The Morgan fingerprint density at radius 3 is 2.15 bits per heavy atom. The van der Waals surface area contributed by atoms with E-state index in [-0.39, 0.29) is 29.1 Å². The molecule has 26 heavy (non-hydrogen) atoms. The molecule has 1 saturated heterocycles. The highest BCUT2D eigenvalue weighted by Crippen LogP contribution is 2.41. The van der Waals surface area contributed by atoms with Crippen molar-refractivity contribution in [2.75, 3.05) is 13.2 Å². The van der Waals surface area contributed by atoms with Gasteiger partial charge >= 0.3 is 0 Å². The van der Waals surface area contributed by atoms with Crippen LogP contribution in [0.3, 0.4) is 0 Å². The fourth-order valence-electron chi connectivity index (χ4n) is 2.95. The molecule has 2 atom stereocenters. The zero-order valence-electron chi connectivity index (χ0n) is 16.5. The zero-order valence-corrected chi connectivity index (χ0v) is 16.5. The van der Waals surface area contributed by atoms with E-state index in [4.69, 9.17) is 9.47 Å². The van der Waals surface area contributed by atoms with E-state index in [9.17, 15) is 15.0 Å². The van der Waals surface area contributed by atoms with E-state index in [1.165, 1.54) is 0 Å². The molecular weight excluding hydrogens is 334 g/mol. The largest absolute Gasteiger partial charge is 0.507 e. The lowest BCUT2D eigenvalue weighted by atomic mass is 9.79. The van der Waals surface area contributed by atoms with Crippen LogP contribution >= 0.6 is 0 Å². The summed E-state index contributed by atoms with van der Waals surface area (Å²) in [5.74, 6) is 0.492. The number of benzene rings is 1. The molecule has 1 aromatic rings. The van der Waals surface area contributed by atoms with Crippen LogP contribution in [0.1, 0.15) is 59.1 Å². The lowest BCUT2D eigenvalue weighted by molar-refractivity contribution is -0.127. The van der Waals surface area contributed by atoms with Crippen LogP contribution < -0.4 is 10.1 Å². The molecule has 1 aromatic carbocycles. The second-order valence-corrected chi connectivity index (χ2v) is 8.88. The Hall–Kier alpha value is -1.79. The molecule has 0 aromatic heterocycles. The predicted molar refractivity (Wildman–Crippen MR) is 99.5 cm³/mol. The van der Waals surface area contributed by atoms with E-state index >= 15 is 0 Å². The van der Waals surface area contributed by atoms with Gasteiger partial charge in [0.25, 0.3) is 5.91 Å². The van der Waals surface area contributed by atoms with Crippen LogP contribution in [-0.4, -0.2) is 41.7 Å². The minimum Gasteiger partial charge on any atom is -0.507 e. The molecule has 0 aliphatic carbocycles. The molecule has 1 fully saturated rings. The van der Waals surface area contributed by atoms with Crippen molar-refractivity contribution in [2.45, 2.75) is 71.1 Å². The molecular formula is C20H31NO5. The van der Waals surface area contributed by atoms with Crippen molar-refractivity contribution in [1.82, 2.24) is 5.32 Å². The molecule has 1 amide bonds. The highest BCUT2D eigenvalue weighted by Gasteiger charge is 2.29. The van der Waals surface area contributed by atoms with Gasteiger partial charge in [-0.2, -0.15) is 0 Å². The van der Waals surface area contributed by atoms with E-state index in [0.717, 1.165) is 11.1 Å². The number of aliphatic hydroxyl groups is 1. The van der Waals surface area contributed by atoms with Crippen LogP contribution in [0.4, 0.5) is 0 Å². The zero-order chi connectivity index (χ0) is 19.7. The number of carbonyl (C=O) groups is 1. The third kappa shape index (κ3) is 4.89. The molecule has 0 saturated carbocycles. The summed E-state index contributed by atoms with van der Waals surface area (Å²) in [5.41, 5.74) is 1.02. The van der Waals surface area contributed by atoms with Gasteiger partial charge in [-0.3, -0.25) is 4.79 Å². The number of carbonyl (C=O) groups excluding carboxylic acids is 1. The lowest BCUT2D eigenvalue weighted by Gasteiger charge is -2.28. The number of nitrogens with one attached hydrogen (secondary N) is 1. The first kappa shape index (κ1) is 20.5. The fourth-order valence-corrected chi connectivity index (χ4v) is 2.95. The van der Waals surface area contributed by atoms with E-state index in [0.29, 0.717) is 18.8 Å². The van der Waals surface area contributed by atoms with Gasteiger partial charge in [-0.1, -0.05) is 41.5 Å². The summed E-state index contributed by atoms with van der Waals surface area (Å²) in [6, 6.07) is 3.16. The Balaban J connectivity index is 2.17. The summed E-state index contributed by atoms with van der Waals surface area (Å²) in [4.78, 5) is 12.1. The summed E-state index contributed by atoms with van der Waals surface area (Å²) >= 11 is 0. The van der Waals surface area contributed by atoms with Crippen molar-refractivity contribution in [3.63, 3.8) is 0 Å². The first-order valence-electron chi connectivity index (χ1n) is 8.99. The first-order valence-corrected chi connectivity index (χ1v) is 8.99. The summed E-state index contributed by atoms with van der Waals surface area (Å²) in [5, 5.41) is 23.0. The van der Waals surface area contributed by atoms with Crippen LogP contribution in [0.15, 0.2) is 12.1 Å². The van der Waals surface area contributed by atoms with E-state index in [1.54, 1.807) is 12.1 Å². The smallest absolute Gasteiger partial charge is 0.258 e.